The molecule has 0 heterocycles. The van der Waals surface area contributed by atoms with Crippen molar-refractivity contribution in [2.45, 2.75) is 39.3 Å². The van der Waals surface area contributed by atoms with Gasteiger partial charge in [-0.15, -0.1) is 0 Å². The molecule has 15 heavy (non-hydrogen) atoms. The zero-order valence-corrected chi connectivity index (χ0v) is 8.71. The highest BCUT2D eigenvalue weighted by Gasteiger charge is 2.25. The minimum absolute atomic E-state index is 0.153. The number of hydrogen-bond acceptors (Lipinski definition) is 1. The van der Waals surface area contributed by atoms with Gasteiger partial charge in [0.25, 0.3) is 0 Å². The van der Waals surface area contributed by atoms with Crippen LogP contribution in [0.3, 0.4) is 0 Å². The van der Waals surface area contributed by atoms with Crippen LogP contribution in [0.15, 0.2) is 0 Å². The Labute approximate surface area is 85.3 Å². The molecule has 0 fully saturated rings. The highest BCUT2D eigenvalue weighted by molar-refractivity contribution is 4.47. The molecule has 0 aromatic carbocycles. The predicted octanol–water partition coefficient (Wildman–Crippen LogP) is 4.53. The molecule has 0 aliphatic rings. The lowest BCUT2D eigenvalue weighted by atomic mass is 10.2. The van der Waals surface area contributed by atoms with Crippen molar-refractivity contribution in [3.8, 4) is 0 Å². The van der Waals surface area contributed by atoms with E-state index < -0.39 is 19.5 Å². The molecule has 0 aliphatic carbocycles. The van der Waals surface area contributed by atoms with E-state index in [9.17, 15) is 26.5 Å². The summed E-state index contributed by atoms with van der Waals surface area (Å²) in [6.45, 7) is 1.73. The Bertz CT molecular complexity index is 93.6. The van der Waals surface area contributed by atoms with Gasteiger partial charge < -0.3 is 0 Å². The molecule has 0 aliphatic heterocycles. The van der Waals surface area contributed by atoms with Gasteiger partial charge in [0.2, 0.25) is 6.93 Å². The van der Waals surface area contributed by atoms with Crippen LogP contribution < -0.4 is 0 Å². The van der Waals surface area contributed by atoms with Crippen molar-refractivity contribution in [2.75, 3.05) is 13.5 Å². The molecule has 0 aromatic rings. The first kappa shape index (κ1) is 20.0. The standard InChI is InChI=1S/C5H9F3.C2H5FO.CH2F2/c1-2-3-4-5(6,7)8;1-2-4-3;2-1-3/h2-4H2,1H3;2H2,1H3;1H2. The first-order valence-corrected chi connectivity index (χ1v) is 4.31. The van der Waals surface area contributed by atoms with Crippen molar-refractivity contribution in [2.24, 2.45) is 0 Å². The zero-order chi connectivity index (χ0) is 12.7. The van der Waals surface area contributed by atoms with E-state index in [4.69, 9.17) is 0 Å². The maximum atomic E-state index is 11.2. The fourth-order valence-corrected chi connectivity index (χ4v) is 0.377. The second kappa shape index (κ2) is 16.0. The van der Waals surface area contributed by atoms with E-state index in [1.807, 2.05) is 0 Å². The van der Waals surface area contributed by atoms with E-state index in [1.165, 1.54) is 0 Å². The van der Waals surface area contributed by atoms with Crippen LogP contribution >= 0.6 is 0 Å². The van der Waals surface area contributed by atoms with E-state index >= 15 is 0 Å². The number of hydrogen-bond donors (Lipinski definition) is 0. The normalized spacial score (nSPS) is 9.60. The molecule has 0 rings (SSSR count). The molecule has 0 aromatic heterocycles. The lowest BCUT2D eigenvalue weighted by molar-refractivity contribution is -0.135. The average molecular weight is 242 g/mol. The van der Waals surface area contributed by atoms with Gasteiger partial charge in [-0.05, 0) is 17.9 Å². The third kappa shape index (κ3) is 58.8. The summed E-state index contributed by atoms with van der Waals surface area (Å²) >= 11 is 0. The topological polar surface area (TPSA) is 9.23 Å². The molecule has 1 nitrogen and oxygen atoms in total. The Morgan fingerprint density at radius 1 is 1.07 bits per heavy atom. The summed E-state index contributed by atoms with van der Waals surface area (Å²) in [4.78, 5) is 3.04. The van der Waals surface area contributed by atoms with Crippen molar-refractivity contribution in [1.82, 2.24) is 0 Å². The molecular formula is C8H16F6O. The van der Waals surface area contributed by atoms with Crippen LogP contribution in [0.2, 0.25) is 0 Å². The smallest absolute Gasteiger partial charge is 0.214 e. The minimum atomic E-state index is -3.95. The van der Waals surface area contributed by atoms with Crippen LogP contribution in [-0.4, -0.2) is 19.7 Å². The molecule has 0 amide bonds. The number of unbranched alkanes of at least 4 members (excludes halogenated alkanes) is 1. The summed E-state index contributed by atoms with van der Waals surface area (Å²) in [5, 5.41) is 0. The Kier molecular flexibility index (Phi) is 21.3. The quantitative estimate of drug-likeness (QED) is 0.660. The van der Waals surface area contributed by atoms with E-state index in [-0.39, 0.29) is 13.0 Å². The molecule has 0 bridgehead atoms. The highest BCUT2D eigenvalue weighted by Crippen LogP contribution is 2.21. The summed E-state index contributed by atoms with van der Waals surface area (Å²) < 4.78 is 63.2. The molecule has 7 heteroatoms. The minimum Gasteiger partial charge on any atom is -0.214 e. The van der Waals surface area contributed by atoms with Crippen LogP contribution in [0.5, 0.6) is 0 Å². The second-order valence-corrected chi connectivity index (χ2v) is 2.22. The Morgan fingerprint density at radius 3 is 1.47 bits per heavy atom. The summed E-state index contributed by atoms with van der Waals surface area (Å²) in [6.07, 6.45) is -3.72. The third-order valence-corrected chi connectivity index (χ3v) is 0.923. The lowest BCUT2D eigenvalue weighted by Gasteiger charge is -2.02. The summed E-state index contributed by atoms with van der Waals surface area (Å²) in [6, 6.07) is 0. The lowest BCUT2D eigenvalue weighted by Crippen LogP contribution is -2.05. The van der Waals surface area contributed by atoms with E-state index in [1.54, 1.807) is 13.8 Å². The van der Waals surface area contributed by atoms with Gasteiger partial charge in [0.15, 0.2) is 0 Å². The van der Waals surface area contributed by atoms with Crippen LogP contribution in [0.1, 0.15) is 33.1 Å². The van der Waals surface area contributed by atoms with Gasteiger partial charge >= 0.3 is 6.18 Å². The highest BCUT2D eigenvalue weighted by atomic mass is 19.4. The van der Waals surface area contributed by atoms with Crippen molar-refractivity contribution >= 4 is 0 Å². The van der Waals surface area contributed by atoms with Gasteiger partial charge in [-0.25, -0.2) is 8.78 Å². The summed E-state index contributed by atoms with van der Waals surface area (Å²) in [5.74, 6) is 0. The summed E-state index contributed by atoms with van der Waals surface area (Å²) in [5.41, 5.74) is 0. The fraction of sp³-hybridized carbons (Fsp3) is 1.00. The number of rotatable bonds is 3. The van der Waals surface area contributed by atoms with Crippen LogP contribution in [0.25, 0.3) is 0 Å². The van der Waals surface area contributed by atoms with Gasteiger partial charge in [-0.1, -0.05) is 13.3 Å². The second-order valence-electron chi connectivity index (χ2n) is 2.22. The molecule has 0 saturated carbocycles. The van der Waals surface area contributed by atoms with Crippen LogP contribution in [0, 0.1) is 0 Å². The Hall–Kier alpha value is -0.460. The van der Waals surface area contributed by atoms with Gasteiger partial charge in [0.1, 0.15) is 0 Å². The van der Waals surface area contributed by atoms with Crippen LogP contribution in [-0.2, 0) is 4.94 Å². The number of halogens is 6. The summed E-state index contributed by atoms with van der Waals surface area (Å²) in [7, 11) is 0. The van der Waals surface area contributed by atoms with Crippen molar-refractivity contribution < 1.29 is 31.4 Å². The maximum Gasteiger partial charge on any atom is 0.389 e. The fourth-order valence-electron chi connectivity index (χ4n) is 0.377. The van der Waals surface area contributed by atoms with E-state index in [2.05, 4.69) is 4.94 Å². The SMILES string of the molecule is CCCCC(F)(F)F.CCOF.FCF. The largest absolute Gasteiger partial charge is 0.389 e. The number of alkyl halides is 5. The third-order valence-electron chi connectivity index (χ3n) is 0.923. The van der Waals surface area contributed by atoms with Crippen molar-refractivity contribution in [1.29, 1.82) is 0 Å². The molecule has 0 atom stereocenters. The van der Waals surface area contributed by atoms with Crippen molar-refractivity contribution in [3.05, 3.63) is 0 Å². The van der Waals surface area contributed by atoms with Gasteiger partial charge in [-0.3, -0.25) is 0 Å². The van der Waals surface area contributed by atoms with E-state index in [0.29, 0.717) is 6.42 Å². The Balaban J connectivity index is -0.000000173. The Morgan fingerprint density at radius 2 is 1.40 bits per heavy atom. The first-order chi connectivity index (χ1) is 6.89. The van der Waals surface area contributed by atoms with E-state index in [0.717, 1.165) is 0 Å². The molecule has 0 unspecified atom stereocenters. The molecule has 0 spiro atoms. The maximum absolute atomic E-state index is 11.2. The molecule has 0 radical (unpaired) electrons. The average Bonchev–Trinajstić information content (AvgIpc) is 2.15. The van der Waals surface area contributed by atoms with Crippen LogP contribution in [0.4, 0.5) is 26.5 Å². The van der Waals surface area contributed by atoms with Gasteiger partial charge in [0.05, 0.1) is 6.61 Å². The molecule has 0 N–H and O–H groups in total. The monoisotopic (exact) mass is 242 g/mol. The van der Waals surface area contributed by atoms with Gasteiger partial charge in [0, 0.05) is 6.42 Å². The molecule has 96 valence electrons. The molecular weight excluding hydrogens is 226 g/mol. The zero-order valence-electron chi connectivity index (χ0n) is 8.71. The predicted molar refractivity (Wildman–Crippen MR) is 45.4 cm³/mol. The first-order valence-electron chi connectivity index (χ1n) is 4.31. The molecule has 0 saturated heterocycles. The van der Waals surface area contributed by atoms with Crippen molar-refractivity contribution in [3.63, 3.8) is 0 Å². The van der Waals surface area contributed by atoms with Gasteiger partial charge in [-0.2, -0.15) is 18.1 Å².